The van der Waals surface area contributed by atoms with Crippen LogP contribution in [-0.2, 0) is 23.3 Å². The number of nitrogens with zero attached hydrogens (tertiary/aromatic N) is 1. The molecule has 6 nitrogen and oxygen atoms in total. The lowest BCUT2D eigenvalue weighted by atomic mass is 9.83. The molecule has 162 valence electrons. The van der Waals surface area contributed by atoms with Crippen LogP contribution in [0.2, 0.25) is 0 Å². The van der Waals surface area contributed by atoms with Gasteiger partial charge in [0.1, 0.15) is 5.75 Å². The van der Waals surface area contributed by atoms with E-state index >= 15 is 0 Å². The molecule has 1 atom stereocenters. The molecule has 0 aliphatic carbocycles. The van der Waals surface area contributed by atoms with Gasteiger partial charge >= 0.3 is 6.03 Å². The van der Waals surface area contributed by atoms with E-state index in [0.717, 1.165) is 5.56 Å². The molecule has 0 spiro atoms. The fourth-order valence-corrected chi connectivity index (χ4v) is 4.10. The maximum atomic E-state index is 13.8. The first-order chi connectivity index (χ1) is 15.4. The topological polar surface area (TPSA) is 75.7 Å². The maximum Gasteiger partial charge on any atom is 0.325 e. The zero-order valence-electron chi connectivity index (χ0n) is 18.0. The summed E-state index contributed by atoms with van der Waals surface area (Å²) in [5.74, 6) is 0.0671. The lowest BCUT2D eigenvalue weighted by Gasteiger charge is -2.27. The quantitative estimate of drug-likeness (QED) is 0.454. The number of methoxy groups -OCH3 is 1. The Balaban J connectivity index is 1.74. The molecule has 4 rings (SSSR count). The number of Topliss-reactive ketones (excluding diaryl/α,β-unsaturated/α-hetero) is 1. The molecule has 1 aliphatic rings. The van der Waals surface area contributed by atoms with Gasteiger partial charge in [0.15, 0.2) is 11.3 Å². The van der Waals surface area contributed by atoms with E-state index in [1.54, 1.807) is 18.2 Å². The van der Waals surface area contributed by atoms with Gasteiger partial charge in [-0.05, 0) is 36.2 Å². The summed E-state index contributed by atoms with van der Waals surface area (Å²) in [6, 6.07) is 23.4. The first-order valence-corrected chi connectivity index (χ1v) is 10.4. The molecule has 1 aliphatic heterocycles. The molecule has 0 saturated carbocycles. The highest BCUT2D eigenvalue weighted by molar-refractivity contribution is 6.07. The molecule has 0 aromatic heterocycles. The second-order valence-electron chi connectivity index (χ2n) is 7.84. The van der Waals surface area contributed by atoms with E-state index in [-0.39, 0.29) is 18.2 Å². The van der Waals surface area contributed by atoms with Crippen LogP contribution in [0.25, 0.3) is 0 Å². The van der Waals surface area contributed by atoms with Crippen LogP contribution in [0.5, 0.6) is 5.75 Å². The fraction of sp³-hybridized carbons (Fsp3) is 0.192. The first kappa shape index (κ1) is 21.3. The van der Waals surface area contributed by atoms with Gasteiger partial charge < -0.3 is 10.1 Å². The second-order valence-corrected chi connectivity index (χ2v) is 7.84. The van der Waals surface area contributed by atoms with Crippen LogP contribution in [0, 0.1) is 0 Å². The monoisotopic (exact) mass is 428 g/mol. The van der Waals surface area contributed by atoms with Crippen LogP contribution in [0.15, 0.2) is 78.9 Å². The number of ketones is 1. The van der Waals surface area contributed by atoms with Gasteiger partial charge in [-0.1, -0.05) is 60.7 Å². The number of benzene rings is 3. The minimum atomic E-state index is -1.22. The van der Waals surface area contributed by atoms with Gasteiger partial charge in [0.2, 0.25) is 0 Å². The van der Waals surface area contributed by atoms with Crippen molar-refractivity contribution in [3.05, 3.63) is 101 Å². The third-order valence-corrected chi connectivity index (χ3v) is 5.77. The van der Waals surface area contributed by atoms with Crippen LogP contribution in [0.4, 0.5) is 4.79 Å². The van der Waals surface area contributed by atoms with Gasteiger partial charge in [0, 0.05) is 17.5 Å². The molecule has 0 unspecified atom stereocenters. The lowest BCUT2D eigenvalue weighted by molar-refractivity contribution is -0.132. The molecule has 3 aromatic rings. The van der Waals surface area contributed by atoms with E-state index in [4.69, 9.17) is 4.74 Å². The normalized spacial score (nSPS) is 17.9. The third-order valence-electron chi connectivity index (χ3n) is 5.77. The van der Waals surface area contributed by atoms with Gasteiger partial charge in [-0.2, -0.15) is 0 Å². The van der Waals surface area contributed by atoms with E-state index in [1.807, 2.05) is 60.7 Å². The molecule has 1 fully saturated rings. The number of ether oxygens (including phenoxy) is 1. The van der Waals surface area contributed by atoms with Crippen LogP contribution in [-0.4, -0.2) is 29.7 Å². The predicted octanol–water partition coefficient (Wildman–Crippen LogP) is 4.09. The van der Waals surface area contributed by atoms with Crippen molar-refractivity contribution in [3.8, 4) is 5.75 Å². The fourth-order valence-electron chi connectivity index (χ4n) is 4.10. The number of hydrogen-bond acceptors (Lipinski definition) is 4. The standard InChI is InChI=1S/C26H24N2O4/c1-18(29)20-13-14-23(32-2)21(15-20)17-28-24(30)26(27-25(28)31,22-11-7-4-8-12-22)16-19-9-5-3-6-10-19/h3-15H,16-17H2,1-2H3,(H,27,31)/t26-/m1/s1. The van der Waals surface area contributed by atoms with Gasteiger partial charge in [-0.25, -0.2) is 4.79 Å². The van der Waals surface area contributed by atoms with Crippen molar-refractivity contribution in [2.75, 3.05) is 7.11 Å². The highest BCUT2D eigenvalue weighted by Gasteiger charge is 2.52. The van der Waals surface area contributed by atoms with Gasteiger partial charge in [0.05, 0.1) is 13.7 Å². The Bertz CT molecular complexity index is 1160. The molecule has 1 heterocycles. The molecule has 3 aromatic carbocycles. The number of hydrogen-bond donors (Lipinski definition) is 1. The van der Waals surface area contributed by atoms with Crippen molar-refractivity contribution in [2.45, 2.75) is 25.4 Å². The summed E-state index contributed by atoms with van der Waals surface area (Å²) in [4.78, 5) is 39.9. The first-order valence-electron chi connectivity index (χ1n) is 10.4. The number of urea groups is 1. The maximum absolute atomic E-state index is 13.8. The van der Waals surface area contributed by atoms with Crippen LogP contribution in [0.1, 0.15) is 34.0 Å². The molecule has 0 radical (unpaired) electrons. The Morgan fingerprint density at radius 1 is 0.969 bits per heavy atom. The Morgan fingerprint density at radius 3 is 2.25 bits per heavy atom. The van der Waals surface area contributed by atoms with E-state index in [9.17, 15) is 14.4 Å². The summed E-state index contributed by atoms with van der Waals surface area (Å²) >= 11 is 0. The average Bonchev–Trinajstić information content (AvgIpc) is 3.05. The number of carbonyl (C=O) groups is 3. The number of nitrogens with one attached hydrogen (secondary N) is 1. The van der Waals surface area contributed by atoms with Crippen LogP contribution >= 0.6 is 0 Å². The van der Waals surface area contributed by atoms with E-state index in [2.05, 4.69) is 5.32 Å². The lowest BCUT2D eigenvalue weighted by Crippen LogP contribution is -2.46. The Labute approximate surface area is 186 Å². The van der Waals surface area contributed by atoms with E-state index in [1.165, 1.54) is 18.9 Å². The summed E-state index contributed by atoms with van der Waals surface area (Å²) in [7, 11) is 1.52. The van der Waals surface area contributed by atoms with Crippen molar-refractivity contribution >= 4 is 17.7 Å². The molecular formula is C26H24N2O4. The zero-order valence-corrected chi connectivity index (χ0v) is 18.0. The molecule has 0 bridgehead atoms. The van der Waals surface area contributed by atoms with Crippen molar-refractivity contribution in [2.24, 2.45) is 0 Å². The summed E-state index contributed by atoms with van der Waals surface area (Å²) in [6.45, 7) is 1.47. The molecular weight excluding hydrogens is 404 g/mol. The SMILES string of the molecule is COc1ccc(C(C)=O)cc1CN1C(=O)N[C@](Cc2ccccc2)(c2ccccc2)C1=O. The predicted molar refractivity (Wildman–Crippen MR) is 120 cm³/mol. The summed E-state index contributed by atoms with van der Waals surface area (Å²) in [5, 5.41) is 2.96. The van der Waals surface area contributed by atoms with Crippen LogP contribution < -0.4 is 10.1 Å². The Kier molecular flexibility index (Phi) is 5.77. The summed E-state index contributed by atoms with van der Waals surface area (Å²) in [6.07, 6.45) is 0.323. The van der Waals surface area contributed by atoms with Crippen molar-refractivity contribution < 1.29 is 19.1 Å². The molecule has 1 N–H and O–H groups in total. The smallest absolute Gasteiger partial charge is 0.325 e. The number of imide groups is 1. The summed E-state index contributed by atoms with van der Waals surface area (Å²) in [5.41, 5.74) is 1.52. The number of amides is 3. The average molecular weight is 428 g/mol. The van der Waals surface area contributed by atoms with Gasteiger partial charge in [-0.15, -0.1) is 0 Å². The Hall–Kier alpha value is -3.93. The molecule has 3 amide bonds. The van der Waals surface area contributed by atoms with E-state index < -0.39 is 11.6 Å². The van der Waals surface area contributed by atoms with Gasteiger partial charge in [0.25, 0.3) is 5.91 Å². The van der Waals surface area contributed by atoms with Gasteiger partial charge in [-0.3, -0.25) is 14.5 Å². The second kappa shape index (κ2) is 8.67. The zero-order chi connectivity index (χ0) is 22.7. The van der Waals surface area contributed by atoms with E-state index in [0.29, 0.717) is 28.9 Å². The van der Waals surface area contributed by atoms with Crippen molar-refractivity contribution in [1.29, 1.82) is 0 Å². The minimum Gasteiger partial charge on any atom is -0.496 e. The highest BCUT2D eigenvalue weighted by Crippen LogP contribution is 2.34. The highest BCUT2D eigenvalue weighted by atomic mass is 16.5. The van der Waals surface area contributed by atoms with Crippen molar-refractivity contribution in [1.82, 2.24) is 10.2 Å². The summed E-state index contributed by atoms with van der Waals surface area (Å²) < 4.78 is 5.41. The minimum absolute atomic E-state index is 0.00165. The largest absolute Gasteiger partial charge is 0.496 e. The third kappa shape index (κ3) is 3.87. The number of rotatable bonds is 7. The Morgan fingerprint density at radius 2 is 1.62 bits per heavy atom. The number of carbonyl (C=O) groups excluding carboxylic acids is 3. The molecule has 6 heteroatoms. The molecule has 1 saturated heterocycles. The van der Waals surface area contributed by atoms with Crippen LogP contribution in [0.3, 0.4) is 0 Å². The van der Waals surface area contributed by atoms with Crippen molar-refractivity contribution in [3.63, 3.8) is 0 Å². The molecule has 32 heavy (non-hydrogen) atoms.